The van der Waals surface area contributed by atoms with E-state index in [1.165, 1.54) is 6.42 Å². The van der Waals surface area contributed by atoms with Crippen molar-refractivity contribution < 1.29 is 0 Å². The molecule has 1 aliphatic heterocycles. The van der Waals surface area contributed by atoms with E-state index in [2.05, 4.69) is 10.3 Å². The van der Waals surface area contributed by atoms with Crippen molar-refractivity contribution in [2.75, 3.05) is 6.54 Å². The molecule has 1 N–H and O–H groups in total. The van der Waals surface area contributed by atoms with Crippen LogP contribution in [0.2, 0.25) is 5.02 Å². The lowest BCUT2D eigenvalue weighted by Crippen LogP contribution is -2.32. The second-order valence-corrected chi connectivity index (χ2v) is 5.04. The van der Waals surface area contributed by atoms with E-state index < -0.39 is 0 Å². The molecule has 1 saturated heterocycles. The monoisotopic (exact) mass is 263 g/mol. The third kappa shape index (κ3) is 2.02. The predicted molar refractivity (Wildman–Crippen MR) is 72.0 cm³/mol. The molecule has 1 fully saturated rings. The normalized spacial score (nSPS) is 19.5. The van der Waals surface area contributed by atoms with Crippen molar-refractivity contribution in [3.63, 3.8) is 0 Å². The van der Waals surface area contributed by atoms with E-state index in [-0.39, 0.29) is 5.56 Å². The number of fused-ring (bicyclic) bond motifs is 1. The van der Waals surface area contributed by atoms with E-state index >= 15 is 0 Å². The number of rotatable bonds is 2. The minimum absolute atomic E-state index is 0.0174. The summed E-state index contributed by atoms with van der Waals surface area (Å²) in [4.78, 5) is 16.6. The van der Waals surface area contributed by atoms with Crippen LogP contribution in [-0.2, 0) is 6.54 Å². The summed E-state index contributed by atoms with van der Waals surface area (Å²) in [5.41, 5.74) is 0.566. The highest BCUT2D eigenvalue weighted by molar-refractivity contribution is 6.34. The van der Waals surface area contributed by atoms with Crippen LogP contribution in [0, 0.1) is 0 Å². The SMILES string of the molecule is O=c1c2cccc(Cl)c2ncn1CC1CCCN1. The average molecular weight is 264 g/mol. The summed E-state index contributed by atoms with van der Waals surface area (Å²) in [7, 11) is 0. The zero-order chi connectivity index (χ0) is 12.5. The van der Waals surface area contributed by atoms with Gasteiger partial charge in [0.1, 0.15) is 0 Å². The van der Waals surface area contributed by atoms with Gasteiger partial charge in [-0.1, -0.05) is 17.7 Å². The van der Waals surface area contributed by atoms with Gasteiger partial charge in [-0.05, 0) is 31.5 Å². The highest BCUT2D eigenvalue weighted by Gasteiger charge is 2.16. The largest absolute Gasteiger partial charge is 0.312 e. The number of nitrogens with one attached hydrogen (secondary N) is 1. The van der Waals surface area contributed by atoms with Gasteiger partial charge >= 0.3 is 0 Å². The molecule has 2 aromatic rings. The fourth-order valence-electron chi connectivity index (χ4n) is 2.43. The zero-order valence-corrected chi connectivity index (χ0v) is 10.7. The molecule has 94 valence electrons. The van der Waals surface area contributed by atoms with Gasteiger partial charge < -0.3 is 5.32 Å². The van der Waals surface area contributed by atoms with Crippen molar-refractivity contribution >= 4 is 22.5 Å². The van der Waals surface area contributed by atoms with E-state index in [9.17, 15) is 4.79 Å². The lowest BCUT2D eigenvalue weighted by atomic mass is 10.2. The van der Waals surface area contributed by atoms with Gasteiger partial charge in [0, 0.05) is 12.6 Å². The maximum absolute atomic E-state index is 12.3. The Kier molecular flexibility index (Phi) is 3.06. The molecule has 1 aromatic heterocycles. The van der Waals surface area contributed by atoms with Crippen LogP contribution in [0.3, 0.4) is 0 Å². The zero-order valence-electron chi connectivity index (χ0n) is 9.90. The first-order valence-corrected chi connectivity index (χ1v) is 6.50. The Morgan fingerprint density at radius 2 is 2.39 bits per heavy atom. The minimum atomic E-state index is -0.0174. The molecular weight excluding hydrogens is 250 g/mol. The number of para-hydroxylation sites is 1. The summed E-state index contributed by atoms with van der Waals surface area (Å²) in [6.45, 7) is 1.71. The van der Waals surface area contributed by atoms with E-state index in [1.807, 2.05) is 0 Å². The van der Waals surface area contributed by atoms with E-state index in [1.54, 1.807) is 29.1 Å². The third-order valence-corrected chi connectivity index (χ3v) is 3.69. The first-order chi connectivity index (χ1) is 8.75. The van der Waals surface area contributed by atoms with Gasteiger partial charge in [-0.2, -0.15) is 0 Å². The number of hydrogen-bond donors (Lipinski definition) is 1. The number of aromatic nitrogens is 2. The van der Waals surface area contributed by atoms with Gasteiger partial charge in [-0.15, -0.1) is 0 Å². The second-order valence-electron chi connectivity index (χ2n) is 4.63. The van der Waals surface area contributed by atoms with Gasteiger partial charge in [-0.25, -0.2) is 4.98 Å². The van der Waals surface area contributed by atoms with E-state index in [0.717, 1.165) is 13.0 Å². The van der Waals surface area contributed by atoms with Crippen LogP contribution in [-0.4, -0.2) is 22.1 Å². The summed E-state index contributed by atoms with van der Waals surface area (Å²) in [5.74, 6) is 0. The number of hydrogen-bond acceptors (Lipinski definition) is 3. The van der Waals surface area contributed by atoms with Crippen molar-refractivity contribution in [3.8, 4) is 0 Å². The van der Waals surface area contributed by atoms with Gasteiger partial charge in [-0.3, -0.25) is 9.36 Å². The highest BCUT2D eigenvalue weighted by Crippen LogP contribution is 2.18. The Labute approximate surface area is 110 Å². The molecule has 1 aromatic carbocycles. The lowest BCUT2D eigenvalue weighted by Gasteiger charge is -2.12. The highest BCUT2D eigenvalue weighted by atomic mass is 35.5. The van der Waals surface area contributed by atoms with Crippen molar-refractivity contribution in [2.24, 2.45) is 0 Å². The van der Waals surface area contributed by atoms with Gasteiger partial charge in [0.25, 0.3) is 5.56 Å². The Bertz CT molecular complexity index is 632. The molecule has 0 spiro atoms. The molecule has 1 atom stereocenters. The summed E-state index contributed by atoms with van der Waals surface area (Å²) in [5, 5.41) is 4.49. The molecule has 0 amide bonds. The van der Waals surface area contributed by atoms with Crippen LogP contribution < -0.4 is 10.9 Å². The Morgan fingerprint density at radius 1 is 1.50 bits per heavy atom. The Hall–Kier alpha value is -1.39. The molecule has 0 saturated carbocycles. The summed E-state index contributed by atoms with van der Waals surface area (Å²) < 4.78 is 1.67. The molecule has 1 aliphatic rings. The number of nitrogens with zero attached hydrogens (tertiary/aromatic N) is 2. The summed E-state index contributed by atoms with van der Waals surface area (Å²) in [6, 6.07) is 5.68. The van der Waals surface area contributed by atoms with Crippen molar-refractivity contribution in [1.82, 2.24) is 14.9 Å². The molecule has 0 bridgehead atoms. The third-order valence-electron chi connectivity index (χ3n) is 3.38. The Balaban J connectivity index is 2.03. The first-order valence-electron chi connectivity index (χ1n) is 6.13. The molecule has 0 aliphatic carbocycles. The van der Waals surface area contributed by atoms with E-state index in [4.69, 9.17) is 11.6 Å². The average Bonchev–Trinajstić information content (AvgIpc) is 2.86. The van der Waals surface area contributed by atoms with Crippen LogP contribution in [0.4, 0.5) is 0 Å². The smallest absolute Gasteiger partial charge is 0.261 e. The number of benzene rings is 1. The molecule has 18 heavy (non-hydrogen) atoms. The quantitative estimate of drug-likeness (QED) is 0.899. The van der Waals surface area contributed by atoms with Gasteiger partial charge in [0.05, 0.1) is 22.3 Å². The molecule has 1 unspecified atom stereocenters. The van der Waals surface area contributed by atoms with Crippen LogP contribution in [0.25, 0.3) is 10.9 Å². The molecule has 4 nitrogen and oxygen atoms in total. The van der Waals surface area contributed by atoms with Crippen molar-refractivity contribution in [3.05, 3.63) is 39.9 Å². The van der Waals surface area contributed by atoms with Crippen LogP contribution in [0.5, 0.6) is 0 Å². The number of halogens is 1. The van der Waals surface area contributed by atoms with Gasteiger partial charge in [0.2, 0.25) is 0 Å². The van der Waals surface area contributed by atoms with Crippen LogP contribution in [0.1, 0.15) is 12.8 Å². The first kappa shape index (κ1) is 11.7. The lowest BCUT2D eigenvalue weighted by molar-refractivity contribution is 0.497. The topological polar surface area (TPSA) is 46.9 Å². The van der Waals surface area contributed by atoms with Crippen LogP contribution in [0.15, 0.2) is 29.3 Å². The fraction of sp³-hybridized carbons (Fsp3) is 0.385. The van der Waals surface area contributed by atoms with E-state index in [0.29, 0.717) is 28.5 Å². The standard InChI is InChI=1S/C13H14ClN3O/c14-11-5-1-4-10-12(11)16-8-17(13(10)18)7-9-3-2-6-15-9/h1,4-5,8-9,15H,2-3,6-7H2. The van der Waals surface area contributed by atoms with Gasteiger partial charge in [0.15, 0.2) is 0 Å². The van der Waals surface area contributed by atoms with Crippen molar-refractivity contribution in [2.45, 2.75) is 25.4 Å². The second kappa shape index (κ2) is 4.71. The fourth-order valence-corrected chi connectivity index (χ4v) is 2.66. The maximum Gasteiger partial charge on any atom is 0.261 e. The predicted octanol–water partition coefficient (Wildman–Crippen LogP) is 1.80. The van der Waals surface area contributed by atoms with Crippen molar-refractivity contribution in [1.29, 1.82) is 0 Å². The molecule has 2 heterocycles. The van der Waals surface area contributed by atoms with Crippen LogP contribution >= 0.6 is 11.6 Å². The molecular formula is C13H14ClN3O. The summed E-state index contributed by atoms with van der Waals surface area (Å²) in [6.07, 6.45) is 3.88. The maximum atomic E-state index is 12.3. The minimum Gasteiger partial charge on any atom is -0.312 e. The molecule has 5 heteroatoms. The summed E-state index contributed by atoms with van der Waals surface area (Å²) >= 11 is 6.03. The Morgan fingerprint density at radius 3 is 3.17 bits per heavy atom. The molecule has 0 radical (unpaired) electrons. The molecule has 3 rings (SSSR count).